The Morgan fingerprint density at radius 2 is 1.73 bits per heavy atom. The molecule has 1 amide bonds. The zero-order valence-corrected chi connectivity index (χ0v) is 16.5. The molecule has 2 aromatic carbocycles. The highest BCUT2D eigenvalue weighted by molar-refractivity contribution is 6.30. The number of benzene rings is 2. The van der Waals surface area contributed by atoms with Gasteiger partial charge in [-0.05, 0) is 62.6 Å². The minimum Gasteiger partial charge on any atom is -0.351 e. The molecule has 0 radical (unpaired) electrons. The predicted molar refractivity (Wildman–Crippen MR) is 107 cm³/mol. The summed E-state index contributed by atoms with van der Waals surface area (Å²) in [7, 11) is 2.12. The lowest BCUT2D eigenvalue weighted by Gasteiger charge is -2.23. The number of carbonyl (C=O) groups excluding carboxylic acids is 1. The van der Waals surface area contributed by atoms with Crippen molar-refractivity contribution in [1.82, 2.24) is 10.2 Å². The zero-order valence-electron chi connectivity index (χ0n) is 15.8. The van der Waals surface area contributed by atoms with Gasteiger partial charge in [0.2, 0.25) is 5.91 Å². The second-order valence-electron chi connectivity index (χ2n) is 7.55. The second kappa shape index (κ2) is 7.81. The number of nitrogens with zero attached hydrogens (tertiary/aromatic N) is 1. The highest BCUT2D eigenvalue weighted by atomic mass is 35.5. The molecule has 0 atom stereocenters. The molecule has 2 aromatic rings. The molecule has 1 N–H and O–H groups in total. The fourth-order valence-corrected chi connectivity index (χ4v) is 3.35. The van der Waals surface area contributed by atoms with Crippen LogP contribution in [0.25, 0.3) is 0 Å². The molecule has 138 valence electrons. The lowest BCUT2D eigenvalue weighted by Crippen LogP contribution is -2.34. The van der Waals surface area contributed by atoms with E-state index in [1.54, 1.807) is 0 Å². The first-order valence-electron chi connectivity index (χ1n) is 9.24. The molecule has 1 saturated carbocycles. The van der Waals surface area contributed by atoms with Crippen LogP contribution < -0.4 is 5.32 Å². The van der Waals surface area contributed by atoms with Gasteiger partial charge in [0.15, 0.2) is 0 Å². The smallest absolute Gasteiger partial charge is 0.230 e. The van der Waals surface area contributed by atoms with Crippen LogP contribution in [0.2, 0.25) is 5.02 Å². The van der Waals surface area contributed by atoms with E-state index in [1.807, 2.05) is 30.3 Å². The number of hydrogen-bond donors (Lipinski definition) is 1. The van der Waals surface area contributed by atoms with Gasteiger partial charge in [-0.2, -0.15) is 0 Å². The van der Waals surface area contributed by atoms with E-state index in [2.05, 4.69) is 49.3 Å². The predicted octanol–water partition coefficient (Wildman–Crippen LogP) is 4.53. The van der Waals surface area contributed by atoms with Gasteiger partial charge in [-0.15, -0.1) is 0 Å². The Kier molecular flexibility index (Phi) is 5.69. The molecule has 26 heavy (non-hydrogen) atoms. The minimum absolute atomic E-state index is 0.117. The van der Waals surface area contributed by atoms with Crippen LogP contribution in [0.4, 0.5) is 0 Å². The first kappa shape index (κ1) is 18.9. The van der Waals surface area contributed by atoms with Crippen LogP contribution in [0.15, 0.2) is 48.5 Å². The summed E-state index contributed by atoms with van der Waals surface area (Å²) in [4.78, 5) is 15.2. The largest absolute Gasteiger partial charge is 0.351 e. The quantitative estimate of drug-likeness (QED) is 0.776. The van der Waals surface area contributed by atoms with Crippen molar-refractivity contribution in [3.63, 3.8) is 0 Å². The molecule has 4 heteroatoms. The average molecular weight is 371 g/mol. The molecule has 3 rings (SSSR count). The van der Waals surface area contributed by atoms with Crippen molar-refractivity contribution in [2.75, 3.05) is 7.05 Å². The molecule has 0 spiro atoms. The van der Waals surface area contributed by atoms with Crippen molar-refractivity contribution in [1.29, 1.82) is 0 Å². The van der Waals surface area contributed by atoms with Crippen LogP contribution >= 0.6 is 11.6 Å². The maximum absolute atomic E-state index is 12.9. The van der Waals surface area contributed by atoms with Crippen LogP contribution in [0.1, 0.15) is 43.4 Å². The maximum Gasteiger partial charge on any atom is 0.230 e. The Labute approximate surface area is 161 Å². The Bertz CT molecular complexity index is 766. The van der Waals surface area contributed by atoms with Gasteiger partial charge in [-0.1, -0.05) is 48.0 Å². The van der Waals surface area contributed by atoms with Crippen LogP contribution in [-0.4, -0.2) is 23.9 Å². The topological polar surface area (TPSA) is 32.3 Å². The van der Waals surface area contributed by atoms with Gasteiger partial charge in [-0.3, -0.25) is 9.69 Å². The lowest BCUT2D eigenvalue weighted by molar-refractivity contribution is -0.123. The Morgan fingerprint density at radius 3 is 2.31 bits per heavy atom. The number of amides is 1. The molecule has 1 aliphatic carbocycles. The van der Waals surface area contributed by atoms with Gasteiger partial charge in [0.1, 0.15) is 0 Å². The van der Waals surface area contributed by atoms with E-state index in [-0.39, 0.29) is 11.3 Å². The van der Waals surface area contributed by atoms with Crippen molar-refractivity contribution in [2.45, 2.75) is 51.2 Å². The van der Waals surface area contributed by atoms with Gasteiger partial charge in [0.25, 0.3) is 0 Å². The number of carbonyl (C=O) groups is 1. The summed E-state index contributed by atoms with van der Waals surface area (Å²) in [5.74, 6) is 0.117. The highest BCUT2D eigenvalue weighted by Gasteiger charge is 2.51. The van der Waals surface area contributed by atoms with Crippen LogP contribution in [0.5, 0.6) is 0 Å². The van der Waals surface area contributed by atoms with Crippen LogP contribution in [0.3, 0.4) is 0 Å². The molecule has 1 fully saturated rings. The number of rotatable bonds is 7. The van der Waals surface area contributed by atoms with E-state index < -0.39 is 0 Å². The van der Waals surface area contributed by atoms with Crippen molar-refractivity contribution < 1.29 is 4.79 Å². The fourth-order valence-electron chi connectivity index (χ4n) is 3.22. The maximum atomic E-state index is 12.9. The van der Waals surface area contributed by atoms with E-state index in [0.29, 0.717) is 17.6 Å². The fraction of sp³-hybridized carbons (Fsp3) is 0.409. The van der Waals surface area contributed by atoms with Crippen molar-refractivity contribution in [3.8, 4) is 0 Å². The van der Waals surface area contributed by atoms with E-state index >= 15 is 0 Å². The summed E-state index contributed by atoms with van der Waals surface area (Å²) >= 11 is 5.98. The van der Waals surface area contributed by atoms with Gasteiger partial charge >= 0.3 is 0 Å². The van der Waals surface area contributed by atoms with Gasteiger partial charge in [0.05, 0.1) is 5.41 Å². The third-order valence-electron chi connectivity index (χ3n) is 5.44. The molecule has 0 bridgehead atoms. The van der Waals surface area contributed by atoms with Crippen molar-refractivity contribution in [3.05, 3.63) is 70.2 Å². The van der Waals surface area contributed by atoms with E-state index in [9.17, 15) is 4.79 Å². The average Bonchev–Trinajstić information content (AvgIpc) is 3.43. The number of halogens is 1. The van der Waals surface area contributed by atoms with Crippen molar-refractivity contribution >= 4 is 17.5 Å². The van der Waals surface area contributed by atoms with Crippen molar-refractivity contribution in [2.24, 2.45) is 0 Å². The summed E-state index contributed by atoms with van der Waals surface area (Å²) < 4.78 is 0. The molecule has 0 aliphatic heterocycles. The lowest BCUT2D eigenvalue weighted by atomic mass is 9.95. The standard InChI is InChI=1S/C22H27ClN2O/c1-16(2)25(3)15-18-7-5-4-6-17(18)14-24-21(26)22(12-13-22)19-8-10-20(23)11-9-19/h4-11,16H,12-15H2,1-3H3,(H,24,26). The van der Waals surface area contributed by atoms with Gasteiger partial charge in [0, 0.05) is 24.2 Å². The minimum atomic E-state index is -0.367. The molecule has 3 nitrogen and oxygen atoms in total. The third-order valence-corrected chi connectivity index (χ3v) is 5.69. The Hall–Kier alpha value is -1.84. The molecule has 0 saturated heterocycles. The summed E-state index contributed by atoms with van der Waals surface area (Å²) in [6.45, 7) is 5.82. The van der Waals surface area contributed by atoms with E-state index in [0.717, 1.165) is 24.9 Å². The summed E-state index contributed by atoms with van der Waals surface area (Å²) in [5.41, 5.74) is 3.14. The second-order valence-corrected chi connectivity index (χ2v) is 7.99. The van der Waals surface area contributed by atoms with E-state index in [1.165, 1.54) is 11.1 Å². The van der Waals surface area contributed by atoms with E-state index in [4.69, 9.17) is 11.6 Å². The first-order valence-corrected chi connectivity index (χ1v) is 9.61. The molecule has 1 aliphatic rings. The van der Waals surface area contributed by atoms with Crippen LogP contribution in [0, 0.1) is 0 Å². The third kappa shape index (κ3) is 4.11. The SMILES string of the molecule is CC(C)N(C)Cc1ccccc1CNC(=O)C1(c2ccc(Cl)cc2)CC1. The molecule has 0 aromatic heterocycles. The van der Waals surface area contributed by atoms with Gasteiger partial charge < -0.3 is 5.32 Å². The first-order chi connectivity index (χ1) is 12.4. The molecular weight excluding hydrogens is 344 g/mol. The summed E-state index contributed by atoms with van der Waals surface area (Å²) in [6, 6.07) is 16.5. The Balaban J connectivity index is 1.68. The molecular formula is C22H27ClN2O. The summed E-state index contributed by atoms with van der Waals surface area (Å²) in [6.07, 6.45) is 1.80. The number of hydrogen-bond acceptors (Lipinski definition) is 2. The Morgan fingerprint density at radius 1 is 1.12 bits per heavy atom. The zero-order chi connectivity index (χ0) is 18.7. The highest BCUT2D eigenvalue weighted by Crippen LogP contribution is 2.48. The van der Waals surface area contributed by atoms with Crippen LogP contribution in [-0.2, 0) is 23.3 Å². The normalized spacial score (nSPS) is 15.3. The molecule has 0 unspecified atom stereocenters. The number of nitrogens with one attached hydrogen (secondary N) is 1. The van der Waals surface area contributed by atoms with Gasteiger partial charge in [-0.25, -0.2) is 0 Å². The summed E-state index contributed by atoms with van der Waals surface area (Å²) in [5, 5.41) is 3.87. The monoisotopic (exact) mass is 370 g/mol. The molecule has 0 heterocycles.